The lowest BCUT2D eigenvalue weighted by Crippen LogP contribution is -2.49. The number of fused-ring (bicyclic) bond motifs is 1. The molecule has 2 aliphatic rings. The van der Waals surface area contributed by atoms with Gasteiger partial charge in [-0.1, -0.05) is 60.7 Å². The van der Waals surface area contributed by atoms with Gasteiger partial charge in [0.1, 0.15) is 6.04 Å². The maximum absolute atomic E-state index is 12.9. The molecule has 158 valence electrons. The van der Waals surface area contributed by atoms with Gasteiger partial charge in [-0.05, 0) is 24.5 Å². The van der Waals surface area contributed by atoms with Crippen molar-refractivity contribution in [3.63, 3.8) is 0 Å². The molecule has 2 aromatic carbocycles. The van der Waals surface area contributed by atoms with E-state index in [1.807, 2.05) is 43.3 Å². The second-order valence-corrected chi connectivity index (χ2v) is 8.31. The molecule has 2 fully saturated rings. The molecule has 2 saturated heterocycles. The molecule has 2 heterocycles. The van der Waals surface area contributed by atoms with Gasteiger partial charge >= 0.3 is 11.9 Å². The summed E-state index contributed by atoms with van der Waals surface area (Å²) < 4.78 is 10.3. The van der Waals surface area contributed by atoms with Crippen molar-refractivity contribution in [2.24, 2.45) is 5.41 Å². The summed E-state index contributed by atoms with van der Waals surface area (Å²) in [5.74, 6) is -0.606. The van der Waals surface area contributed by atoms with Crippen molar-refractivity contribution in [2.75, 3.05) is 20.8 Å². The SMILES string of the molecule is COC(=O)[C@@H]1C[C@@](C)(C(=O)OC)[C@H]2N(Cc3ccccc3)C[C@H](c3ccccc3)N12. The molecule has 0 spiro atoms. The monoisotopic (exact) mass is 408 g/mol. The number of ether oxygens (including phenoxy) is 2. The zero-order valence-corrected chi connectivity index (χ0v) is 17.7. The summed E-state index contributed by atoms with van der Waals surface area (Å²) in [4.78, 5) is 30.2. The summed E-state index contributed by atoms with van der Waals surface area (Å²) in [5.41, 5.74) is 1.45. The van der Waals surface area contributed by atoms with Gasteiger partial charge in [-0.25, -0.2) is 0 Å². The van der Waals surface area contributed by atoms with Gasteiger partial charge in [0.2, 0.25) is 0 Å². The van der Waals surface area contributed by atoms with E-state index in [0.717, 1.165) is 5.56 Å². The van der Waals surface area contributed by atoms with E-state index in [2.05, 4.69) is 34.1 Å². The van der Waals surface area contributed by atoms with E-state index >= 15 is 0 Å². The molecule has 0 amide bonds. The van der Waals surface area contributed by atoms with Gasteiger partial charge in [0.15, 0.2) is 0 Å². The average molecular weight is 408 g/mol. The van der Waals surface area contributed by atoms with Crippen LogP contribution in [0.1, 0.15) is 30.5 Å². The third-order valence-electron chi connectivity index (χ3n) is 6.48. The second kappa shape index (κ2) is 8.20. The molecular formula is C24H28N2O4. The molecule has 0 aromatic heterocycles. The van der Waals surface area contributed by atoms with Crippen molar-refractivity contribution in [2.45, 2.75) is 38.1 Å². The van der Waals surface area contributed by atoms with Gasteiger partial charge < -0.3 is 9.47 Å². The number of benzene rings is 2. The molecule has 2 aromatic rings. The van der Waals surface area contributed by atoms with Crippen molar-refractivity contribution >= 4 is 11.9 Å². The average Bonchev–Trinajstić information content (AvgIpc) is 3.31. The highest BCUT2D eigenvalue weighted by Crippen LogP contribution is 2.51. The lowest BCUT2D eigenvalue weighted by atomic mass is 9.84. The van der Waals surface area contributed by atoms with Gasteiger partial charge in [-0.2, -0.15) is 0 Å². The smallest absolute Gasteiger partial charge is 0.323 e. The van der Waals surface area contributed by atoms with Crippen LogP contribution in [0.3, 0.4) is 0 Å². The van der Waals surface area contributed by atoms with Crippen LogP contribution in [-0.2, 0) is 25.6 Å². The van der Waals surface area contributed by atoms with Crippen LogP contribution in [0.25, 0.3) is 0 Å². The molecule has 0 N–H and O–H groups in total. The van der Waals surface area contributed by atoms with E-state index in [1.54, 1.807) is 0 Å². The van der Waals surface area contributed by atoms with Crippen molar-refractivity contribution in [3.8, 4) is 0 Å². The number of nitrogens with zero attached hydrogens (tertiary/aromatic N) is 2. The molecule has 0 unspecified atom stereocenters. The Bertz CT molecular complexity index is 904. The van der Waals surface area contributed by atoms with Gasteiger partial charge in [0.25, 0.3) is 0 Å². The predicted octanol–water partition coefficient (Wildman–Crippen LogP) is 3.00. The summed E-state index contributed by atoms with van der Waals surface area (Å²) in [7, 11) is 2.81. The zero-order valence-electron chi connectivity index (χ0n) is 17.7. The van der Waals surface area contributed by atoms with Crippen LogP contribution in [0.5, 0.6) is 0 Å². The lowest BCUT2D eigenvalue weighted by Gasteiger charge is -2.35. The molecule has 30 heavy (non-hydrogen) atoms. The predicted molar refractivity (Wildman–Crippen MR) is 112 cm³/mol. The largest absolute Gasteiger partial charge is 0.469 e. The van der Waals surface area contributed by atoms with Crippen molar-refractivity contribution in [3.05, 3.63) is 71.8 Å². The van der Waals surface area contributed by atoms with E-state index in [9.17, 15) is 9.59 Å². The normalized spacial score (nSPS) is 28.8. The minimum Gasteiger partial charge on any atom is -0.469 e. The Balaban J connectivity index is 1.79. The third kappa shape index (κ3) is 3.40. The highest BCUT2D eigenvalue weighted by atomic mass is 16.5. The third-order valence-corrected chi connectivity index (χ3v) is 6.48. The number of hydrogen-bond donors (Lipinski definition) is 0. The van der Waals surface area contributed by atoms with Gasteiger partial charge in [-0.3, -0.25) is 19.4 Å². The number of hydrogen-bond acceptors (Lipinski definition) is 6. The first-order valence-electron chi connectivity index (χ1n) is 10.3. The maximum Gasteiger partial charge on any atom is 0.323 e. The fourth-order valence-electron chi connectivity index (χ4n) is 5.19. The molecule has 4 atom stereocenters. The number of carbonyl (C=O) groups is 2. The van der Waals surface area contributed by atoms with Crippen molar-refractivity contribution < 1.29 is 19.1 Å². The molecule has 0 aliphatic carbocycles. The first-order valence-corrected chi connectivity index (χ1v) is 10.3. The Kier molecular flexibility index (Phi) is 5.62. The van der Waals surface area contributed by atoms with E-state index in [4.69, 9.17) is 9.47 Å². The summed E-state index contributed by atoms with van der Waals surface area (Å²) in [5, 5.41) is 0. The topological polar surface area (TPSA) is 59.1 Å². The molecule has 2 aliphatic heterocycles. The summed E-state index contributed by atoms with van der Waals surface area (Å²) in [6.07, 6.45) is 0.102. The number of carbonyl (C=O) groups excluding carboxylic acids is 2. The van der Waals surface area contributed by atoms with Crippen LogP contribution in [0.2, 0.25) is 0 Å². The van der Waals surface area contributed by atoms with Crippen molar-refractivity contribution in [1.29, 1.82) is 0 Å². The maximum atomic E-state index is 12.9. The number of methoxy groups -OCH3 is 2. The van der Waals surface area contributed by atoms with Gasteiger partial charge in [0, 0.05) is 19.1 Å². The Morgan fingerprint density at radius 2 is 1.63 bits per heavy atom. The van der Waals surface area contributed by atoms with Crippen LogP contribution < -0.4 is 0 Å². The molecule has 6 nitrogen and oxygen atoms in total. The van der Waals surface area contributed by atoms with Crippen LogP contribution in [0.4, 0.5) is 0 Å². The van der Waals surface area contributed by atoms with E-state index in [-0.39, 0.29) is 24.1 Å². The van der Waals surface area contributed by atoms with Crippen LogP contribution in [0, 0.1) is 5.41 Å². The van der Waals surface area contributed by atoms with Gasteiger partial charge in [-0.15, -0.1) is 0 Å². The van der Waals surface area contributed by atoms with E-state index in [0.29, 0.717) is 19.5 Å². The van der Waals surface area contributed by atoms with E-state index < -0.39 is 11.5 Å². The molecule has 6 heteroatoms. The zero-order chi connectivity index (χ0) is 21.3. The minimum atomic E-state index is -0.841. The molecular weight excluding hydrogens is 380 g/mol. The first-order chi connectivity index (χ1) is 14.5. The Hall–Kier alpha value is -2.70. The minimum absolute atomic E-state index is 0.0181. The lowest BCUT2D eigenvalue weighted by molar-refractivity contribution is -0.156. The molecule has 0 radical (unpaired) electrons. The summed E-state index contributed by atoms with van der Waals surface area (Å²) in [6, 6.07) is 19.8. The standard InChI is InChI=1S/C24H28N2O4/c1-24(23(28)30-3)14-19(21(27)29-2)26-20(18-12-8-5-9-13-18)16-25(22(24)26)15-17-10-6-4-7-11-17/h4-13,19-20,22H,14-16H2,1-3H3/t19-,20+,22-,24+/m0/s1. The first kappa shape index (κ1) is 20.6. The highest BCUT2D eigenvalue weighted by molar-refractivity contribution is 5.83. The number of rotatable bonds is 5. The van der Waals surface area contributed by atoms with E-state index in [1.165, 1.54) is 19.8 Å². The molecule has 4 rings (SSSR count). The van der Waals surface area contributed by atoms with Crippen LogP contribution in [-0.4, -0.2) is 54.7 Å². The highest BCUT2D eigenvalue weighted by Gasteiger charge is 2.63. The quantitative estimate of drug-likeness (QED) is 0.709. The van der Waals surface area contributed by atoms with Crippen molar-refractivity contribution in [1.82, 2.24) is 9.80 Å². The Morgan fingerprint density at radius 1 is 1.00 bits per heavy atom. The number of esters is 2. The van der Waals surface area contributed by atoms with Gasteiger partial charge in [0.05, 0.1) is 25.8 Å². The Labute approximate surface area is 177 Å². The Morgan fingerprint density at radius 3 is 2.23 bits per heavy atom. The fourth-order valence-corrected chi connectivity index (χ4v) is 5.19. The van der Waals surface area contributed by atoms with Crippen LogP contribution >= 0.6 is 0 Å². The molecule has 0 bridgehead atoms. The van der Waals surface area contributed by atoms with Crippen LogP contribution in [0.15, 0.2) is 60.7 Å². The summed E-state index contributed by atoms with van der Waals surface area (Å²) >= 11 is 0. The second-order valence-electron chi connectivity index (χ2n) is 8.31. The summed E-state index contributed by atoms with van der Waals surface area (Å²) in [6.45, 7) is 3.31. The fraction of sp³-hybridized carbons (Fsp3) is 0.417. The molecule has 0 saturated carbocycles.